The third-order valence-electron chi connectivity index (χ3n) is 8.17. The number of carboxylic acids is 1. The molecular weight excluding hydrogens is 550 g/mol. The fraction of sp³-hybridized carbons (Fsp3) is 0.697. The lowest BCUT2D eigenvalue weighted by molar-refractivity contribution is -0.156. The summed E-state index contributed by atoms with van der Waals surface area (Å²) in [6.07, 6.45) is 10.6. The van der Waals surface area contributed by atoms with E-state index >= 15 is 0 Å². The van der Waals surface area contributed by atoms with Crippen LogP contribution in [0.25, 0.3) is 0 Å². The van der Waals surface area contributed by atoms with Crippen molar-refractivity contribution < 1.29 is 34.0 Å². The van der Waals surface area contributed by atoms with Crippen LogP contribution in [0.2, 0.25) is 0 Å². The quantitative estimate of drug-likeness (QED) is 0.0958. The predicted molar refractivity (Wildman–Crippen MR) is 169 cm³/mol. The Morgan fingerprint density at radius 1 is 1.19 bits per heavy atom. The van der Waals surface area contributed by atoms with Crippen molar-refractivity contribution in [3.63, 3.8) is 0 Å². The molecular formula is C33H53N3O7. The van der Waals surface area contributed by atoms with Gasteiger partial charge in [0, 0.05) is 24.7 Å². The molecule has 0 aromatic rings. The van der Waals surface area contributed by atoms with Crippen molar-refractivity contribution >= 4 is 23.4 Å². The molecule has 2 aliphatic rings. The summed E-state index contributed by atoms with van der Waals surface area (Å²) < 4.78 is 17.4. The van der Waals surface area contributed by atoms with E-state index in [-0.39, 0.29) is 54.2 Å². The number of ether oxygens (including phenoxy) is 3. The number of methoxy groups -OCH3 is 1. The minimum atomic E-state index is -0.931. The van der Waals surface area contributed by atoms with Crippen LogP contribution in [0.3, 0.4) is 0 Å². The number of carbonyl (C=O) groups is 2. The zero-order chi connectivity index (χ0) is 32.1. The molecule has 0 aliphatic carbocycles. The number of aliphatic hydroxyl groups is 1. The molecule has 242 valence electrons. The fourth-order valence-corrected chi connectivity index (χ4v) is 5.58. The predicted octanol–water partition coefficient (Wildman–Crippen LogP) is 4.86. The molecule has 0 spiro atoms. The second kappa shape index (κ2) is 18.2. The third kappa shape index (κ3) is 12.5. The van der Waals surface area contributed by atoms with Crippen molar-refractivity contribution in [3.05, 3.63) is 36.0 Å². The van der Waals surface area contributed by atoms with E-state index in [1.165, 1.54) is 6.08 Å². The molecule has 43 heavy (non-hydrogen) atoms. The summed E-state index contributed by atoms with van der Waals surface area (Å²) in [5, 5.41) is 31.2. The second-order valence-corrected chi connectivity index (χ2v) is 12.1. The second-order valence-electron chi connectivity index (χ2n) is 12.1. The number of aliphatic imine (C=N–C) groups is 1. The maximum atomic E-state index is 12.6. The van der Waals surface area contributed by atoms with Crippen molar-refractivity contribution in [3.8, 4) is 0 Å². The van der Waals surface area contributed by atoms with Crippen LogP contribution in [0.1, 0.15) is 80.1 Å². The number of allylic oxidation sites excluding steroid dienone is 2. The minimum Gasteiger partial charge on any atom is -0.481 e. The van der Waals surface area contributed by atoms with Crippen LogP contribution in [0.4, 0.5) is 0 Å². The highest BCUT2D eigenvalue weighted by atomic mass is 16.5. The van der Waals surface area contributed by atoms with Crippen molar-refractivity contribution in [1.82, 2.24) is 5.32 Å². The molecule has 10 heteroatoms. The molecule has 2 heterocycles. The first-order valence-corrected chi connectivity index (χ1v) is 15.5. The van der Waals surface area contributed by atoms with Crippen LogP contribution >= 0.6 is 0 Å². The smallest absolute Gasteiger partial charge is 0.305 e. The summed E-state index contributed by atoms with van der Waals surface area (Å²) >= 11 is 0. The monoisotopic (exact) mass is 603 g/mol. The zero-order valence-electron chi connectivity index (χ0n) is 26.9. The molecule has 9 atom stereocenters. The Labute approximate surface area is 257 Å². The molecule has 2 rings (SSSR count). The fourth-order valence-electron chi connectivity index (χ4n) is 5.58. The molecule has 10 nitrogen and oxygen atoms in total. The van der Waals surface area contributed by atoms with Gasteiger partial charge in [-0.05, 0) is 58.4 Å². The summed E-state index contributed by atoms with van der Waals surface area (Å²) in [6, 6.07) is -0.114. The highest BCUT2D eigenvalue weighted by molar-refractivity contribution is 5.97. The van der Waals surface area contributed by atoms with Gasteiger partial charge in [0.05, 0.1) is 43.5 Å². The van der Waals surface area contributed by atoms with Gasteiger partial charge >= 0.3 is 5.97 Å². The maximum Gasteiger partial charge on any atom is 0.305 e. The van der Waals surface area contributed by atoms with E-state index in [1.54, 1.807) is 19.3 Å². The van der Waals surface area contributed by atoms with Crippen LogP contribution in [-0.2, 0) is 23.8 Å². The zero-order valence-corrected chi connectivity index (χ0v) is 26.9. The number of hydrogen-bond acceptors (Lipinski definition) is 7. The number of aliphatic carboxylic acids is 1. The van der Waals surface area contributed by atoms with Crippen molar-refractivity contribution in [2.45, 2.75) is 117 Å². The first kappa shape index (κ1) is 36.5. The molecule has 0 bridgehead atoms. The Hall–Kier alpha value is -2.66. The first-order chi connectivity index (χ1) is 20.3. The number of hydrogen-bond donors (Lipinski definition) is 4. The van der Waals surface area contributed by atoms with E-state index in [0.717, 1.165) is 30.5 Å². The van der Waals surface area contributed by atoms with Gasteiger partial charge in [0.1, 0.15) is 11.9 Å². The van der Waals surface area contributed by atoms with Gasteiger partial charge in [-0.1, -0.05) is 57.1 Å². The Kier molecular flexibility index (Phi) is 15.5. The first-order valence-electron chi connectivity index (χ1n) is 15.5. The Bertz CT molecular complexity index is 1050. The van der Waals surface area contributed by atoms with Gasteiger partial charge in [0.25, 0.3) is 0 Å². The molecule has 1 amide bonds. The van der Waals surface area contributed by atoms with Gasteiger partial charge in [-0.3, -0.25) is 15.0 Å². The number of amides is 1. The number of aliphatic hydroxyl groups excluding tert-OH is 1. The maximum absolute atomic E-state index is 12.6. The van der Waals surface area contributed by atoms with Crippen LogP contribution in [-0.4, -0.2) is 83.9 Å². The third-order valence-corrected chi connectivity index (χ3v) is 8.17. The van der Waals surface area contributed by atoms with E-state index in [9.17, 15) is 19.8 Å². The Morgan fingerprint density at radius 3 is 2.56 bits per heavy atom. The normalized spacial score (nSPS) is 31.3. The summed E-state index contributed by atoms with van der Waals surface area (Å²) in [4.78, 5) is 28.2. The number of amidine groups is 1. The number of rotatable bonds is 14. The van der Waals surface area contributed by atoms with E-state index in [4.69, 9.17) is 19.6 Å². The lowest BCUT2D eigenvalue weighted by atomic mass is 9.87. The molecule has 4 N–H and O–H groups in total. The van der Waals surface area contributed by atoms with Crippen LogP contribution in [0, 0.1) is 23.2 Å². The molecule has 0 radical (unpaired) electrons. The van der Waals surface area contributed by atoms with Gasteiger partial charge in [-0.25, -0.2) is 4.99 Å². The SMILES string of the molecule is CCCC(C)=NC(=N)C(C)/C=C\C(=O)NC1CC(C)C(C/C=C(C)/C=C/C2O[C@H](CC(=O)O)CC(COC)[C@@H]2O)OC1C. The molecule has 0 aromatic carbocycles. The molecule has 2 fully saturated rings. The number of nitrogens with zero attached hydrogens (tertiary/aromatic N) is 1. The number of nitrogens with one attached hydrogen (secondary N) is 2. The van der Waals surface area contributed by atoms with Gasteiger partial charge < -0.3 is 29.7 Å². The average molecular weight is 604 g/mol. The Balaban J connectivity index is 1.90. The van der Waals surface area contributed by atoms with Gasteiger partial charge in [-0.2, -0.15) is 0 Å². The summed E-state index contributed by atoms with van der Waals surface area (Å²) in [5.74, 6) is -1.12. The molecule has 2 aliphatic heterocycles. The number of carboxylic acid groups (broad SMARTS) is 1. The van der Waals surface area contributed by atoms with Crippen LogP contribution < -0.4 is 5.32 Å². The lowest BCUT2D eigenvalue weighted by Gasteiger charge is -2.39. The molecule has 0 saturated carbocycles. The van der Waals surface area contributed by atoms with Crippen molar-refractivity contribution in [2.75, 3.05) is 13.7 Å². The van der Waals surface area contributed by atoms with Crippen molar-refractivity contribution in [2.24, 2.45) is 22.7 Å². The van der Waals surface area contributed by atoms with E-state index in [2.05, 4.69) is 30.2 Å². The lowest BCUT2D eigenvalue weighted by Crippen LogP contribution is -2.50. The average Bonchev–Trinajstić information content (AvgIpc) is 2.93. The summed E-state index contributed by atoms with van der Waals surface area (Å²) in [7, 11) is 1.57. The summed E-state index contributed by atoms with van der Waals surface area (Å²) in [5.41, 5.74) is 1.91. The van der Waals surface area contributed by atoms with E-state index in [1.807, 2.05) is 33.8 Å². The number of carbonyl (C=O) groups excluding carboxylic acids is 1. The van der Waals surface area contributed by atoms with E-state index in [0.29, 0.717) is 19.4 Å². The molecule has 2 saturated heterocycles. The van der Waals surface area contributed by atoms with E-state index < -0.39 is 24.3 Å². The van der Waals surface area contributed by atoms with Crippen molar-refractivity contribution in [1.29, 1.82) is 5.41 Å². The van der Waals surface area contributed by atoms with Gasteiger partial charge in [0.15, 0.2) is 0 Å². The van der Waals surface area contributed by atoms with Crippen LogP contribution in [0.15, 0.2) is 40.9 Å². The highest BCUT2D eigenvalue weighted by Crippen LogP contribution is 2.30. The Morgan fingerprint density at radius 2 is 1.91 bits per heavy atom. The topological polar surface area (TPSA) is 151 Å². The molecule has 7 unspecified atom stereocenters. The molecule has 0 aromatic heterocycles. The van der Waals surface area contributed by atoms with Crippen LogP contribution in [0.5, 0.6) is 0 Å². The standard InChI is InChI=1S/C33H53N3O7/c1-8-9-23(5)35-33(34)21(3)12-15-30(37)36-27-16-22(4)28(42-24(27)6)13-10-20(2)11-14-29-32(40)25(19-41-7)17-26(43-29)18-31(38)39/h10-12,14-15,21-22,24-29,32,34,40H,8-9,13,16-19H2,1-7H3,(H,36,37)(H,38,39)/b14-11+,15-12-,20-10+,34-33?,35-23?/t21?,22?,24?,25?,26-,27?,28?,29?,32-/m0/s1. The largest absolute Gasteiger partial charge is 0.481 e. The minimum absolute atomic E-state index is 0.00527. The summed E-state index contributed by atoms with van der Waals surface area (Å²) in [6.45, 7) is 12.3. The van der Waals surface area contributed by atoms with Gasteiger partial charge in [0.2, 0.25) is 5.91 Å². The highest BCUT2D eigenvalue weighted by Gasteiger charge is 2.37. The van der Waals surface area contributed by atoms with Gasteiger partial charge in [-0.15, -0.1) is 0 Å².